The summed E-state index contributed by atoms with van der Waals surface area (Å²) in [4.78, 5) is 4.15. The molecule has 0 radical (unpaired) electrons. The second kappa shape index (κ2) is 2.52. The lowest BCUT2D eigenvalue weighted by Gasteiger charge is -2.12. The summed E-state index contributed by atoms with van der Waals surface area (Å²) in [5.74, 6) is 0. The Kier molecular flexibility index (Phi) is 1.58. The predicted molar refractivity (Wildman–Crippen MR) is 49.1 cm³/mol. The van der Waals surface area contributed by atoms with Crippen molar-refractivity contribution in [2.75, 3.05) is 0 Å². The average molecular weight is 177 g/mol. The van der Waals surface area contributed by atoms with Gasteiger partial charge in [0.25, 0.3) is 0 Å². The van der Waals surface area contributed by atoms with Gasteiger partial charge in [-0.15, -0.1) is 4.68 Å². The van der Waals surface area contributed by atoms with Crippen LogP contribution in [0.1, 0.15) is 20.8 Å². The molecular formula is C9H13N4+. The second-order valence-electron chi connectivity index (χ2n) is 4.06. The minimum Gasteiger partial charge on any atom is -0.208 e. The Balaban J connectivity index is 2.72. The van der Waals surface area contributed by atoms with E-state index in [1.807, 2.05) is 16.8 Å². The Bertz CT molecular complexity index is 424. The number of rotatable bonds is 0. The predicted octanol–water partition coefficient (Wildman–Crippen LogP) is 1.00. The highest BCUT2D eigenvalue weighted by Gasteiger charge is 2.24. The van der Waals surface area contributed by atoms with E-state index in [0.29, 0.717) is 0 Å². The minimum absolute atomic E-state index is 0.0117. The van der Waals surface area contributed by atoms with Gasteiger partial charge in [0, 0.05) is 6.20 Å². The molecule has 0 unspecified atom stereocenters. The topological polar surface area (TPSA) is 45.5 Å². The lowest BCUT2D eigenvalue weighted by Crippen LogP contribution is -2.52. The highest BCUT2D eigenvalue weighted by molar-refractivity contribution is 5.64. The highest BCUT2D eigenvalue weighted by atomic mass is 15.5. The van der Waals surface area contributed by atoms with Crippen molar-refractivity contribution in [1.29, 1.82) is 0 Å². The summed E-state index contributed by atoms with van der Waals surface area (Å²) in [6.07, 6.45) is 1.75. The first-order valence-electron chi connectivity index (χ1n) is 4.31. The molecule has 0 saturated carbocycles. The number of aromatic nitrogens is 4. The summed E-state index contributed by atoms with van der Waals surface area (Å²) in [6, 6.07) is 3.93. The molecule has 1 N–H and O–H groups in total. The van der Waals surface area contributed by atoms with Crippen LogP contribution in [0.5, 0.6) is 0 Å². The van der Waals surface area contributed by atoms with Gasteiger partial charge in [-0.25, -0.2) is 4.98 Å². The summed E-state index contributed by atoms with van der Waals surface area (Å²) >= 11 is 0. The number of aromatic amines is 1. The van der Waals surface area contributed by atoms with E-state index in [9.17, 15) is 0 Å². The molecule has 0 amide bonds. The van der Waals surface area contributed by atoms with E-state index in [1.54, 1.807) is 6.20 Å². The average Bonchev–Trinajstić information content (AvgIpc) is 2.45. The van der Waals surface area contributed by atoms with Crippen LogP contribution < -0.4 is 4.68 Å². The minimum atomic E-state index is 0.0117. The molecular weight excluding hydrogens is 164 g/mol. The van der Waals surface area contributed by atoms with Crippen LogP contribution >= 0.6 is 0 Å². The quantitative estimate of drug-likeness (QED) is 0.610. The fourth-order valence-electron chi connectivity index (χ4n) is 1.31. The van der Waals surface area contributed by atoms with Crippen LogP contribution in [-0.2, 0) is 5.54 Å². The lowest BCUT2D eigenvalue weighted by atomic mass is 10.1. The number of H-pyrrole nitrogens is 1. The van der Waals surface area contributed by atoms with E-state index in [2.05, 4.69) is 36.1 Å². The molecule has 13 heavy (non-hydrogen) atoms. The van der Waals surface area contributed by atoms with Gasteiger partial charge in [0.2, 0.25) is 5.52 Å². The summed E-state index contributed by atoms with van der Waals surface area (Å²) in [6.45, 7) is 6.37. The van der Waals surface area contributed by atoms with Gasteiger partial charge >= 0.3 is 5.65 Å². The summed E-state index contributed by atoms with van der Waals surface area (Å²) in [5.41, 5.74) is 1.81. The molecule has 0 fully saturated rings. The molecule has 0 aliphatic carbocycles. The fourth-order valence-corrected chi connectivity index (χ4v) is 1.31. The molecule has 2 aromatic heterocycles. The first-order chi connectivity index (χ1) is 6.09. The van der Waals surface area contributed by atoms with Gasteiger partial charge < -0.3 is 0 Å². The number of nitrogens with one attached hydrogen (secondary N) is 1. The van der Waals surface area contributed by atoms with Crippen molar-refractivity contribution < 1.29 is 4.68 Å². The smallest absolute Gasteiger partial charge is 0.208 e. The van der Waals surface area contributed by atoms with Crippen molar-refractivity contribution in [2.45, 2.75) is 26.3 Å². The van der Waals surface area contributed by atoms with Gasteiger partial charge in [-0.1, -0.05) is 5.21 Å². The molecule has 0 saturated heterocycles. The number of nitrogens with zero attached hydrogens (tertiary/aromatic N) is 3. The van der Waals surface area contributed by atoms with Gasteiger partial charge in [-0.3, -0.25) is 0 Å². The maximum absolute atomic E-state index is 4.15. The molecule has 2 heterocycles. The van der Waals surface area contributed by atoms with Crippen LogP contribution in [0.3, 0.4) is 0 Å². The van der Waals surface area contributed by atoms with Crippen molar-refractivity contribution in [3.8, 4) is 0 Å². The van der Waals surface area contributed by atoms with Gasteiger partial charge in [0.1, 0.15) is 5.54 Å². The van der Waals surface area contributed by atoms with Crippen LogP contribution in [0.15, 0.2) is 18.3 Å². The van der Waals surface area contributed by atoms with Gasteiger partial charge in [-0.2, -0.15) is 0 Å². The summed E-state index contributed by atoms with van der Waals surface area (Å²) in [7, 11) is 0. The molecule has 0 spiro atoms. The van der Waals surface area contributed by atoms with Crippen LogP contribution in [0.25, 0.3) is 11.2 Å². The van der Waals surface area contributed by atoms with E-state index in [4.69, 9.17) is 0 Å². The largest absolute Gasteiger partial charge is 0.340 e. The molecule has 0 bridgehead atoms. The van der Waals surface area contributed by atoms with Crippen molar-refractivity contribution in [2.24, 2.45) is 0 Å². The summed E-state index contributed by atoms with van der Waals surface area (Å²) in [5, 5.41) is 7.07. The zero-order chi connectivity index (χ0) is 9.47. The van der Waals surface area contributed by atoms with E-state index < -0.39 is 0 Å². The Morgan fingerprint density at radius 1 is 1.38 bits per heavy atom. The van der Waals surface area contributed by atoms with Crippen molar-refractivity contribution in [3.63, 3.8) is 0 Å². The van der Waals surface area contributed by atoms with E-state index >= 15 is 0 Å². The van der Waals surface area contributed by atoms with Crippen molar-refractivity contribution >= 4 is 11.2 Å². The monoisotopic (exact) mass is 177 g/mol. The maximum atomic E-state index is 4.15. The first-order valence-corrected chi connectivity index (χ1v) is 4.31. The lowest BCUT2D eigenvalue weighted by molar-refractivity contribution is -0.784. The maximum Gasteiger partial charge on any atom is 0.340 e. The second-order valence-corrected chi connectivity index (χ2v) is 4.06. The molecule has 4 heteroatoms. The van der Waals surface area contributed by atoms with Crippen molar-refractivity contribution in [1.82, 2.24) is 15.3 Å². The van der Waals surface area contributed by atoms with Crippen LogP contribution in [-0.4, -0.2) is 15.3 Å². The molecule has 2 aromatic rings. The van der Waals surface area contributed by atoms with E-state index in [-0.39, 0.29) is 5.54 Å². The summed E-state index contributed by atoms with van der Waals surface area (Å²) < 4.78 is 2.01. The Labute approximate surface area is 76.6 Å². The number of fused-ring (bicyclic) bond motifs is 1. The zero-order valence-corrected chi connectivity index (χ0v) is 8.07. The first kappa shape index (κ1) is 8.16. The fraction of sp³-hybridized carbons (Fsp3) is 0.444. The molecule has 0 atom stereocenters. The van der Waals surface area contributed by atoms with Crippen LogP contribution in [0.4, 0.5) is 0 Å². The van der Waals surface area contributed by atoms with Crippen LogP contribution in [0.2, 0.25) is 0 Å². The molecule has 0 aliphatic rings. The molecule has 0 aromatic carbocycles. The normalized spacial score (nSPS) is 12.2. The van der Waals surface area contributed by atoms with Gasteiger partial charge in [-0.05, 0) is 32.9 Å². The van der Waals surface area contributed by atoms with E-state index in [1.165, 1.54) is 0 Å². The Morgan fingerprint density at radius 2 is 2.15 bits per heavy atom. The SMILES string of the molecule is CC(C)(C)[n+]1[nH]nc2ncccc21. The molecule has 2 rings (SSSR count). The van der Waals surface area contributed by atoms with Gasteiger partial charge in [0.15, 0.2) is 0 Å². The van der Waals surface area contributed by atoms with Crippen molar-refractivity contribution in [3.05, 3.63) is 18.3 Å². The van der Waals surface area contributed by atoms with Crippen LogP contribution in [0, 0.1) is 0 Å². The van der Waals surface area contributed by atoms with Gasteiger partial charge in [0.05, 0.1) is 5.10 Å². The number of pyridine rings is 1. The standard InChI is InChI=1S/C9H12N4/c1-9(2,3)13-7-5-4-6-10-8(7)11-12-13/h4-6H,1-3H3/p+1. The number of hydrogen-bond acceptors (Lipinski definition) is 2. The Morgan fingerprint density at radius 3 is 2.85 bits per heavy atom. The Hall–Kier alpha value is -1.45. The third-order valence-corrected chi connectivity index (χ3v) is 1.93. The molecule has 0 aliphatic heterocycles. The third-order valence-electron chi connectivity index (χ3n) is 1.93. The molecule has 4 nitrogen and oxygen atoms in total. The third kappa shape index (κ3) is 1.28. The highest BCUT2D eigenvalue weighted by Crippen LogP contribution is 2.08. The van der Waals surface area contributed by atoms with E-state index in [0.717, 1.165) is 11.2 Å². The number of hydrogen-bond donors (Lipinski definition) is 1. The zero-order valence-electron chi connectivity index (χ0n) is 8.07. The molecule has 68 valence electrons.